The van der Waals surface area contributed by atoms with E-state index >= 15 is 0 Å². The fourth-order valence-electron chi connectivity index (χ4n) is 2.86. The molecule has 0 atom stereocenters. The van der Waals surface area contributed by atoms with Gasteiger partial charge in [0, 0.05) is 6.54 Å². The van der Waals surface area contributed by atoms with Crippen molar-refractivity contribution in [2.45, 2.75) is 12.7 Å². The first-order valence-corrected chi connectivity index (χ1v) is 8.25. The smallest absolute Gasteiger partial charge is 0.346 e. The molecule has 0 bridgehead atoms. The van der Waals surface area contributed by atoms with Crippen molar-refractivity contribution >= 4 is 22.5 Å². The molecule has 2 heterocycles. The number of fused-ring (bicyclic) bond motifs is 3. The molecule has 0 fully saturated rings. The van der Waals surface area contributed by atoms with Gasteiger partial charge in [0.25, 0.3) is 11.5 Å². The summed E-state index contributed by atoms with van der Waals surface area (Å²) in [4.78, 5) is 27.2. The highest BCUT2D eigenvalue weighted by Crippen LogP contribution is 2.29. The zero-order chi connectivity index (χ0) is 20.8. The summed E-state index contributed by atoms with van der Waals surface area (Å²) in [5.41, 5.74) is -0.921. The van der Waals surface area contributed by atoms with E-state index in [1.54, 1.807) is 0 Å². The molecule has 0 saturated carbocycles. The number of nitrogens with one attached hydrogen (secondary N) is 2. The van der Waals surface area contributed by atoms with Crippen LogP contribution in [0.4, 0.5) is 17.6 Å². The number of carbonyl (C=O) groups is 1. The summed E-state index contributed by atoms with van der Waals surface area (Å²) in [6.45, 7) is -0.0767. The Morgan fingerprint density at radius 2 is 1.86 bits per heavy atom. The monoisotopic (exact) mass is 405 g/mol. The zero-order valence-corrected chi connectivity index (χ0v) is 14.4. The molecule has 4 rings (SSSR count). The largest absolute Gasteiger partial charge is 0.416 e. The molecule has 0 aliphatic rings. The SMILES string of the molecule is O=C(NCc1ccc(C(F)(F)F)cc1)c1nnn2c1c(=O)[nH]c1cc(F)ccc12. The number of H-pyrrole nitrogens is 1. The van der Waals surface area contributed by atoms with Crippen LogP contribution in [-0.2, 0) is 12.7 Å². The maximum Gasteiger partial charge on any atom is 0.416 e. The number of aromatic amines is 1. The second-order valence-electron chi connectivity index (χ2n) is 6.19. The number of nitrogens with zero attached hydrogens (tertiary/aromatic N) is 3. The zero-order valence-electron chi connectivity index (χ0n) is 14.4. The number of carbonyl (C=O) groups excluding carboxylic acids is 1. The predicted molar refractivity (Wildman–Crippen MR) is 93.7 cm³/mol. The Morgan fingerprint density at radius 1 is 1.14 bits per heavy atom. The van der Waals surface area contributed by atoms with Crippen LogP contribution in [0.1, 0.15) is 21.6 Å². The highest BCUT2D eigenvalue weighted by molar-refractivity contribution is 5.99. The molecule has 148 valence electrons. The third-order valence-electron chi connectivity index (χ3n) is 4.27. The molecule has 0 unspecified atom stereocenters. The highest BCUT2D eigenvalue weighted by Gasteiger charge is 2.30. The first kappa shape index (κ1) is 18.6. The topological polar surface area (TPSA) is 92.2 Å². The van der Waals surface area contributed by atoms with Crippen LogP contribution >= 0.6 is 0 Å². The van der Waals surface area contributed by atoms with Crippen LogP contribution in [0.25, 0.3) is 16.6 Å². The van der Waals surface area contributed by atoms with Gasteiger partial charge in [-0.2, -0.15) is 13.2 Å². The molecule has 0 saturated heterocycles. The predicted octanol–water partition coefficient (Wildman–Crippen LogP) is 2.66. The lowest BCUT2D eigenvalue weighted by atomic mass is 10.1. The number of rotatable bonds is 3. The molecule has 4 aromatic rings. The first-order chi connectivity index (χ1) is 13.7. The third-order valence-corrected chi connectivity index (χ3v) is 4.27. The number of alkyl halides is 3. The van der Waals surface area contributed by atoms with Gasteiger partial charge < -0.3 is 10.3 Å². The minimum atomic E-state index is -4.45. The Hall–Kier alpha value is -3.76. The van der Waals surface area contributed by atoms with Crippen LogP contribution in [0.15, 0.2) is 47.3 Å². The third kappa shape index (κ3) is 3.42. The van der Waals surface area contributed by atoms with Crippen molar-refractivity contribution in [1.29, 1.82) is 0 Å². The second kappa shape index (κ2) is 6.69. The van der Waals surface area contributed by atoms with Gasteiger partial charge in [-0.1, -0.05) is 17.3 Å². The maximum atomic E-state index is 13.4. The van der Waals surface area contributed by atoms with E-state index in [1.165, 1.54) is 24.3 Å². The maximum absolute atomic E-state index is 13.4. The van der Waals surface area contributed by atoms with E-state index in [0.717, 1.165) is 22.7 Å². The van der Waals surface area contributed by atoms with Gasteiger partial charge >= 0.3 is 6.18 Å². The van der Waals surface area contributed by atoms with Crippen LogP contribution < -0.4 is 10.9 Å². The summed E-state index contributed by atoms with van der Waals surface area (Å²) in [6, 6.07) is 7.96. The number of hydrogen-bond acceptors (Lipinski definition) is 4. The van der Waals surface area contributed by atoms with Gasteiger partial charge in [0.1, 0.15) is 5.82 Å². The van der Waals surface area contributed by atoms with Crippen molar-refractivity contribution in [3.8, 4) is 0 Å². The molecule has 2 aromatic carbocycles. The Morgan fingerprint density at radius 3 is 2.55 bits per heavy atom. The van der Waals surface area contributed by atoms with E-state index in [-0.39, 0.29) is 23.3 Å². The Labute approximate surface area is 159 Å². The van der Waals surface area contributed by atoms with E-state index in [1.807, 2.05) is 0 Å². The molecular formula is C18H11F4N5O2. The van der Waals surface area contributed by atoms with Crippen molar-refractivity contribution in [3.05, 3.63) is 75.5 Å². The number of benzene rings is 2. The van der Waals surface area contributed by atoms with Gasteiger partial charge in [0.05, 0.1) is 16.6 Å². The molecule has 29 heavy (non-hydrogen) atoms. The standard InChI is InChI=1S/C18H11F4N5O2/c19-11-5-6-13-12(7-11)24-17(29)15-14(25-26-27(13)15)16(28)23-8-9-1-3-10(4-2-9)18(20,21)22/h1-7H,8H2,(H,23,28)(H,24,29). The fraction of sp³-hybridized carbons (Fsp3) is 0.111. The van der Waals surface area contributed by atoms with Gasteiger partial charge in [-0.3, -0.25) is 9.59 Å². The van der Waals surface area contributed by atoms with Crippen molar-refractivity contribution in [1.82, 2.24) is 25.1 Å². The first-order valence-electron chi connectivity index (χ1n) is 8.25. The molecule has 2 N–H and O–H groups in total. The Balaban J connectivity index is 1.61. The number of aromatic nitrogens is 4. The van der Waals surface area contributed by atoms with E-state index in [4.69, 9.17) is 0 Å². The lowest BCUT2D eigenvalue weighted by molar-refractivity contribution is -0.137. The van der Waals surface area contributed by atoms with Crippen LogP contribution in [-0.4, -0.2) is 25.7 Å². The van der Waals surface area contributed by atoms with Gasteiger partial charge in [-0.25, -0.2) is 8.91 Å². The van der Waals surface area contributed by atoms with E-state index in [9.17, 15) is 27.2 Å². The number of halogens is 4. The van der Waals surface area contributed by atoms with Crippen molar-refractivity contribution in [3.63, 3.8) is 0 Å². The molecule has 0 spiro atoms. The van der Waals surface area contributed by atoms with E-state index in [0.29, 0.717) is 11.1 Å². The molecule has 0 aliphatic carbocycles. The summed E-state index contributed by atoms with van der Waals surface area (Å²) >= 11 is 0. The lowest BCUT2D eigenvalue weighted by Crippen LogP contribution is -2.25. The van der Waals surface area contributed by atoms with Crippen LogP contribution in [0.5, 0.6) is 0 Å². The average Bonchev–Trinajstić information content (AvgIpc) is 3.11. The average molecular weight is 405 g/mol. The Bertz CT molecular complexity index is 1290. The number of amides is 1. The molecular weight excluding hydrogens is 394 g/mol. The van der Waals surface area contributed by atoms with Crippen LogP contribution in [0, 0.1) is 5.82 Å². The Kier molecular flexibility index (Phi) is 4.29. The molecule has 2 aromatic heterocycles. The molecule has 7 nitrogen and oxygen atoms in total. The molecule has 1 amide bonds. The highest BCUT2D eigenvalue weighted by atomic mass is 19.4. The summed E-state index contributed by atoms with van der Waals surface area (Å²) in [5, 5.41) is 10.0. The molecule has 0 radical (unpaired) electrons. The van der Waals surface area contributed by atoms with Gasteiger partial charge in [-0.05, 0) is 35.9 Å². The number of hydrogen-bond donors (Lipinski definition) is 2. The fourth-order valence-corrected chi connectivity index (χ4v) is 2.86. The van der Waals surface area contributed by atoms with Gasteiger partial charge in [0.2, 0.25) is 0 Å². The summed E-state index contributed by atoms with van der Waals surface area (Å²) < 4.78 is 52.3. The normalized spacial score (nSPS) is 11.9. The minimum absolute atomic E-state index is 0.0767. The van der Waals surface area contributed by atoms with E-state index in [2.05, 4.69) is 20.6 Å². The minimum Gasteiger partial charge on any atom is -0.346 e. The van der Waals surface area contributed by atoms with Crippen molar-refractivity contribution in [2.24, 2.45) is 0 Å². The van der Waals surface area contributed by atoms with Crippen LogP contribution in [0.2, 0.25) is 0 Å². The van der Waals surface area contributed by atoms with Gasteiger partial charge in [0.15, 0.2) is 11.2 Å². The van der Waals surface area contributed by atoms with Crippen molar-refractivity contribution < 1.29 is 22.4 Å². The van der Waals surface area contributed by atoms with Gasteiger partial charge in [-0.15, -0.1) is 5.10 Å². The van der Waals surface area contributed by atoms with E-state index < -0.39 is 29.0 Å². The quantitative estimate of drug-likeness (QED) is 0.513. The summed E-state index contributed by atoms with van der Waals surface area (Å²) in [5.74, 6) is -1.28. The summed E-state index contributed by atoms with van der Waals surface area (Å²) in [6.07, 6.45) is -4.45. The second-order valence-corrected chi connectivity index (χ2v) is 6.19. The molecule has 0 aliphatic heterocycles. The van der Waals surface area contributed by atoms with Crippen LogP contribution in [0.3, 0.4) is 0 Å². The lowest BCUT2D eigenvalue weighted by Gasteiger charge is -2.08. The van der Waals surface area contributed by atoms with Crippen molar-refractivity contribution in [2.75, 3.05) is 0 Å². The summed E-state index contributed by atoms with van der Waals surface area (Å²) in [7, 11) is 0. The molecule has 11 heteroatoms.